The lowest BCUT2D eigenvalue weighted by molar-refractivity contribution is -0.149. The molecule has 1 aromatic carbocycles. The second-order valence-corrected chi connectivity index (χ2v) is 4.32. The molecular formula is C15H12FNO5. The number of methoxy groups -OCH3 is 1. The van der Waals surface area contributed by atoms with Crippen molar-refractivity contribution in [1.29, 1.82) is 0 Å². The summed E-state index contributed by atoms with van der Waals surface area (Å²) >= 11 is 0. The van der Waals surface area contributed by atoms with Crippen LogP contribution < -0.4 is 0 Å². The maximum absolute atomic E-state index is 12.8. The molecule has 6 nitrogen and oxygen atoms in total. The second-order valence-electron chi connectivity index (χ2n) is 4.32. The van der Waals surface area contributed by atoms with Crippen molar-refractivity contribution in [1.82, 2.24) is 4.98 Å². The minimum Gasteiger partial charge on any atom is -0.505 e. The third kappa shape index (κ3) is 3.78. The SMILES string of the molecule is COC(=O)C(=O)C=C(O)c1coc(Cc2ccc(F)cc2)n1. The van der Waals surface area contributed by atoms with Gasteiger partial charge in [0.15, 0.2) is 5.89 Å². The van der Waals surface area contributed by atoms with Gasteiger partial charge in [0, 0.05) is 12.5 Å². The van der Waals surface area contributed by atoms with Crippen molar-refractivity contribution in [3.63, 3.8) is 0 Å². The lowest BCUT2D eigenvalue weighted by Crippen LogP contribution is -2.13. The molecule has 0 bridgehead atoms. The Kier molecular flexibility index (Phi) is 4.67. The van der Waals surface area contributed by atoms with E-state index >= 15 is 0 Å². The van der Waals surface area contributed by atoms with E-state index in [0.717, 1.165) is 18.9 Å². The molecule has 0 fully saturated rings. The molecule has 0 unspecified atom stereocenters. The first kappa shape index (κ1) is 15.4. The van der Waals surface area contributed by atoms with E-state index in [1.54, 1.807) is 12.1 Å². The summed E-state index contributed by atoms with van der Waals surface area (Å²) < 4.78 is 22.2. The quantitative estimate of drug-likeness (QED) is 0.393. The molecule has 0 aliphatic rings. The largest absolute Gasteiger partial charge is 0.505 e. The van der Waals surface area contributed by atoms with Gasteiger partial charge in [-0.15, -0.1) is 0 Å². The highest BCUT2D eigenvalue weighted by molar-refractivity contribution is 6.39. The molecule has 1 N–H and O–H groups in total. The Hall–Kier alpha value is -2.96. The number of esters is 1. The van der Waals surface area contributed by atoms with Gasteiger partial charge in [-0.25, -0.2) is 14.2 Å². The van der Waals surface area contributed by atoms with Gasteiger partial charge < -0.3 is 14.3 Å². The molecule has 7 heteroatoms. The number of carbonyl (C=O) groups is 2. The standard InChI is InChI=1S/C15H12FNO5/c1-21-15(20)13(19)7-12(18)11-8-22-14(17-11)6-9-2-4-10(16)5-3-9/h2-5,7-8,18H,6H2,1H3. The number of carbonyl (C=O) groups excluding carboxylic acids is 2. The Morgan fingerprint density at radius 3 is 2.68 bits per heavy atom. The van der Waals surface area contributed by atoms with Crippen LogP contribution >= 0.6 is 0 Å². The van der Waals surface area contributed by atoms with Crippen LogP contribution in [0.15, 0.2) is 41.0 Å². The molecule has 0 aliphatic carbocycles. The first-order chi connectivity index (χ1) is 10.5. The summed E-state index contributed by atoms with van der Waals surface area (Å²) in [6.07, 6.45) is 2.14. The number of hydrogen-bond acceptors (Lipinski definition) is 6. The molecule has 0 amide bonds. The van der Waals surface area contributed by atoms with Crippen LogP contribution in [0.5, 0.6) is 0 Å². The molecule has 1 aromatic heterocycles. The van der Waals surface area contributed by atoms with Gasteiger partial charge >= 0.3 is 5.97 Å². The Bertz CT molecular complexity index is 718. The fraction of sp³-hybridized carbons (Fsp3) is 0.133. The fourth-order valence-corrected chi connectivity index (χ4v) is 1.64. The van der Waals surface area contributed by atoms with E-state index < -0.39 is 17.5 Å². The molecule has 2 rings (SSSR count). The van der Waals surface area contributed by atoms with Crippen LogP contribution in [0.25, 0.3) is 5.76 Å². The molecule has 114 valence electrons. The van der Waals surface area contributed by atoms with Crippen LogP contribution in [0, 0.1) is 5.82 Å². The zero-order chi connectivity index (χ0) is 16.1. The van der Waals surface area contributed by atoms with Gasteiger partial charge in [-0.1, -0.05) is 12.1 Å². The van der Waals surface area contributed by atoms with Crippen LogP contribution in [0.4, 0.5) is 4.39 Å². The second kappa shape index (κ2) is 6.66. The third-order valence-corrected chi connectivity index (χ3v) is 2.74. The van der Waals surface area contributed by atoms with Gasteiger partial charge in [0.2, 0.25) is 0 Å². The first-order valence-corrected chi connectivity index (χ1v) is 6.21. The summed E-state index contributed by atoms with van der Waals surface area (Å²) in [6, 6.07) is 5.78. The number of aromatic nitrogens is 1. The summed E-state index contributed by atoms with van der Waals surface area (Å²) in [4.78, 5) is 26.2. The molecule has 22 heavy (non-hydrogen) atoms. The number of hydrogen-bond donors (Lipinski definition) is 1. The number of oxazole rings is 1. The first-order valence-electron chi connectivity index (χ1n) is 6.21. The molecule has 0 spiro atoms. The maximum atomic E-state index is 12.8. The van der Waals surface area contributed by atoms with E-state index in [-0.39, 0.29) is 17.4 Å². The van der Waals surface area contributed by atoms with Crippen LogP contribution in [0.2, 0.25) is 0 Å². The number of aliphatic hydroxyl groups is 1. The summed E-state index contributed by atoms with van der Waals surface area (Å²) in [5.74, 6) is -2.69. The summed E-state index contributed by atoms with van der Waals surface area (Å²) in [7, 11) is 1.06. The number of halogens is 1. The van der Waals surface area contributed by atoms with Crippen LogP contribution in [-0.4, -0.2) is 29.0 Å². The summed E-state index contributed by atoms with van der Waals surface area (Å²) in [6.45, 7) is 0. The van der Waals surface area contributed by atoms with Crippen LogP contribution in [0.1, 0.15) is 17.1 Å². The molecule has 2 aromatic rings. The lowest BCUT2D eigenvalue weighted by atomic mass is 10.1. The Morgan fingerprint density at radius 1 is 1.36 bits per heavy atom. The normalized spacial score (nSPS) is 11.3. The fourth-order valence-electron chi connectivity index (χ4n) is 1.64. The average molecular weight is 305 g/mol. The Balaban J connectivity index is 2.10. The average Bonchev–Trinajstić information content (AvgIpc) is 2.97. The van der Waals surface area contributed by atoms with Crippen molar-refractivity contribution < 1.29 is 28.2 Å². The molecule has 0 atom stereocenters. The van der Waals surface area contributed by atoms with Crippen molar-refractivity contribution in [3.8, 4) is 0 Å². The number of nitrogens with zero attached hydrogens (tertiary/aromatic N) is 1. The number of ether oxygens (including phenoxy) is 1. The number of rotatable bonds is 5. The molecule has 0 aliphatic heterocycles. The Morgan fingerprint density at radius 2 is 2.05 bits per heavy atom. The highest BCUT2D eigenvalue weighted by Gasteiger charge is 2.15. The van der Waals surface area contributed by atoms with Crippen LogP contribution in [0.3, 0.4) is 0 Å². The third-order valence-electron chi connectivity index (χ3n) is 2.74. The van der Waals surface area contributed by atoms with E-state index in [2.05, 4.69) is 9.72 Å². The van der Waals surface area contributed by atoms with Crippen molar-refractivity contribution in [3.05, 3.63) is 59.6 Å². The van der Waals surface area contributed by atoms with Gasteiger partial charge in [-0.05, 0) is 17.7 Å². The molecular weight excluding hydrogens is 293 g/mol. The van der Waals surface area contributed by atoms with Gasteiger partial charge in [-0.3, -0.25) is 4.79 Å². The van der Waals surface area contributed by atoms with Crippen molar-refractivity contribution in [2.45, 2.75) is 6.42 Å². The zero-order valence-corrected chi connectivity index (χ0v) is 11.6. The van der Waals surface area contributed by atoms with E-state index in [0.29, 0.717) is 12.5 Å². The monoisotopic (exact) mass is 305 g/mol. The number of aliphatic hydroxyl groups excluding tert-OH is 1. The Labute approximate surface area is 124 Å². The van der Waals surface area contributed by atoms with Crippen molar-refractivity contribution in [2.75, 3.05) is 7.11 Å². The van der Waals surface area contributed by atoms with E-state index in [4.69, 9.17) is 4.42 Å². The van der Waals surface area contributed by atoms with Crippen LogP contribution in [-0.2, 0) is 20.7 Å². The van der Waals surface area contributed by atoms with E-state index in [1.165, 1.54) is 12.1 Å². The number of ketones is 1. The molecule has 0 saturated heterocycles. The lowest BCUT2D eigenvalue weighted by Gasteiger charge is -1.96. The molecule has 0 radical (unpaired) electrons. The minimum atomic E-state index is -1.10. The van der Waals surface area contributed by atoms with Crippen molar-refractivity contribution in [2.24, 2.45) is 0 Å². The smallest absolute Gasteiger partial charge is 0.378 e. The minimum absolute atomic E-state index is 0.00867. The maximum Gasteiger partial charge on any atom is 0.378 e. The zero-order valence-electron chi connectivity index (χ0n) is 11.6. The topological polar surface area (TPSA) is 89.6 Å². The van der Waals surface area contributed by atoms with E-state index in [9.17, 15) is 19.1 Å². The predicted molar refractivity (Wildman–Crippen MR) is 73.3 cm³/mol. The highest BCUT2D eigenvalue weighted by Crippen LogP contribution is 2.14. The van der Waals surface area contributed by atoms with E-state index in [1.807, 2.05) is 0 Å². The van der Waals surface area contributed by atoms with Gasteiger partial charge in [0.05, 0.1) is 7.11 Å². The summed E-state index contributed by atoms with van der Waals surface area (Å²) in [5, 5.41) is 9.71. The van der Waals surface area contributed by atoms with Crippen molar-refractivity contribution >= 4 is 17.5 Å². The van der Waals surface area contributed by atoms with Gasteiger partial charge in [-0.2, -0.15) is 0 Å². The summed E-state index contributed by atoms with van der Waals surface area (Å²) in [5.41, 5.74) is 0.776. The van der Waals surface area contributed by atoms with Gasteiger partial charge in [0.1, 0.15) is 23.5 Å². The predicted octanol–water partition coefficient (Wildman–Crippen LogP) is 2.05. The van der Waals surface area contributed by atoms with Gasteiger partial charge in [0.25, 0.3) is 5.78 Å². The molecule has 0 saturated carbocycles. The molecule has 1 heterocycles. The highest BCUT2D eigenvalue weighted by atomic mass is 19.1. The number of benzene rings is 1.